The van der Waals surface area contributed by atoms with E-state index >= 15 is 0 Å². The van der Waals surface area contributed by atoms with Crippen molar-refractivity contribution in [3.8, 4) is 0 Å². The summed E-state index contributed by atoms with van der Waals surface area (Å²) < 4.78 is 6.53. The first-order valence-corrected chi connectivity index (χ1v) is 9.97. The van der Waals surface area contributed by atoms with E-state index in [0.717, 1.165) is 28.4 Å². The van der Waals surface area contributed by atoms with Crippen molar-refractivity contribution in [3.05, 3.63) is 82.3 Å². The summed E-state index contributed by atoms with van der Waals surface area (Å²) in [5, 5.41) is 5.97. The molecule has 1 fully saturated rings. The van der Waals surface area contributed by atoms with Crippen LogP contribution >= 0.6 is 15.9 Å². The minimum absolute atomic E-state index is 0.119. The summed E-state index contributed by atoms with van der Waals surface area (Å²) in [6.07, 6.45) is 2.69. The van der Waals surface area contributed by atoms with Crippen LogP contribution in [0.1, 0.15) is 34.3 Å². The molecule has 1 saturated heterocycles. The summed E-state index contributed by atoms with van der Waals surface area (Å²) in [5.41, 5.74) is 2.14. The number of benzene rings is 2. The normalized spacial score (nSPS) is 15.5. The van der Waals surface area contributed by atoms with Crippen LogP contribution in [0.25, 0.3) is 0 Å². The molecule has 2 amide bonds. The van der Waals surface area contributed by atoms with Gasteiger partial charge < -0.3 is 15.4 Å². The highest BCUT2D eigenvalue weighted by Gasteiger charge is 2.36. The maximum atomic E-state index is 12.9. The van der Waals surface area contributed by atoms with Crippen molar-refractivity contribution in [2.45, 2.75) is 24.9 Å². The van der Waals surface area contributed by atoms with Crippen molar-refractivity contribution in [1.82, 2.24) is 10.6 Å². The molecule has 1 aliphatic heterocycles. The first-order valence-electron chi connectivity index (χ1n) is 9.18. The molecule has 0 aliphatic carbocycles. The summed E-state index contributed by atoms with van der Waals surface area (Å²) in [4.78, 5) is 24.2. The van der Waals surface area contributed by atoms with E-state index in [9.17, 15) is 9.59 Å². The SMILES string of the molecule is C=CC(=O)NCc1ccc(C(=O)NC2(c3ccc(Br)cc3)CCOCC2)cc1. The monoisotopic (exact) mass is 442 g/mol. The van der Waals surface area contributed by atoms with Crippen LogP contribution in [0.2, 0.25) is 0 Å². The van der Waals surface area contributed by atoms with Crippen molar-refractivity contribution >= 4 is 27.7 Å². The molecule has 1 aliphatic rings. The van der Waals surface area contributed by atoms with Crippen molar-refractivity contribution in [1.29, 1.82) is 0 Å². The van der Waals surface area contributed by atoms with Gasteiger partial charge in [0.05, 0.1) is 5.54 Å². The van der Waals surface area contributed by atoms with Gasteiger partial charge in [-0.15, -0.1) is 0 Å². The third kappa shape index (κ3) is 4.88. The fourth-order valence-electron chi connectivity index (χ4n) is 3.30. The van der Waals surface area contributed by atoms with Gasteiger partial charge in [-0.05, 0) is 54.3 Å². The molecular weight excluding hydrogens is 420 g/mol. The van der Waals surface area contributed by atoms with E-state index in [-0.39, 0.29) is 11.8 Å². The molecule has 146 valence electrons. The topological polar surface area (TPSA) is 67.4 Å². The number of hydrogen-bond acceptors (Lipinski definition) is 3. The molecule has 2 aromatic rings. The van der Waals surface area contributed by atoms with Crippen LogP contribution in [0.5, 0.6) is 0 Å². The average molecular weight is 443 g/mol. The molecule has 1 heterocycles. The zero-order valence-corrected chi connectivity index (χ0v) is 17.1. The van der Waals surface area contributed by atoms with Gasteiger partial charge in [0.25, 0.3) is 5.91 Å². The number of hydrogen-bond donors (Lipinski definition) is 2. The lowest BCUT2D eigenvalue weighted by Crippen LogP contribution is -2.49. The number of ether oxygens (including phenoxy) is 1. The molecule has 0 saturated carbocycles. The van der Waals surface area contributed by atoms with Gasteiger partial charge >= 0.3 is 0 Å². The first-order chi connectivity index (χ1) is 13.5. The van der Waals surface area contributed by atoms with E-state index in [2.05, 4.69) is 33.1 Å². The van der Waals surface area contributed by atoms with Crippen LogP contribution in [0.15, 0.2) is 65.7 Å². The number of nitrogens with one attached hydrogen (secondary N) is 2. The van der Waals surface area contributed by atoms with Crippen LogP contribution in [0.4, 0.5) is 0 Å². The predicted molar refractivity (Wildman–Crippen MR) is 112 cm³/mol. The smallest absolute Gasteiger partial charge is 0.251 e. The first kappa shape index (κ1) is 20.3. The highest BCUT2D eigenvalue weighted by molar-refractivity contribution is 9.10. The summed E-state index contributed by atoms with van der Waals surface area (Å²) in [6.45, 7) is 5.04. The minimum Gasteiger partial charge on any atom is -0.381 e. The summed E-state index contributed by atoms with van der Waals surface area (Å²) >= 11 is 3.46. The Morgan fingerprint density at radius 1 is 1.07 bits per heavy atom. The van der Waals surface area contributed by atoms with Crippen molar-refractivity contribution in [3.63, 3.8) is 0 Å². The van der Waals surface area contributed by atoms with E-state index in [1.165, 1.54) is 6.08 Å². The molecule has 0 bridgehead atoms. The summed E-state index contributed by atoms with van der Waals surface area (Å²) in [5.74, 6) is -0.343. The lowest BCUT2D eigenvalue weighted by atomic mass is 9.82. The van der Waals surface area contributed by atoms with E-state index < -0.39 is 5.54 Å². The third-order valence-corrected chi connectivity index (χ3v) is 5.49. The van der Waals surface area contributed by atoms with Crippen molar-refractivity contribution in [2.24, 2.45) is 0 Å². The molecule has 0 radical (unpaired) electrons. The standard InChI is InChI=1S/C22H23BrN2O3/c1-2-20(26)24-15-16-3-5-17(6-4-16)21(27)25-22(11-13-28-14-12-22)18-7-9-19(23)10-8-18/h2-10H,1,11-15H2,(H,24,26)(H,25,27). The lowest BCUT2D eigenvalue weighted by Gasteiger charge is -2.38. The molecule has 0 atom stereocenters. The second kappa shape index (κ2) is 9.17. The van der Waals surface area contributed by atoms with E-state index in [0.29, 0.717) is 25.3 Å². The maximum Gasteiger partial charge on any atom is 0.251 e. The van der Waals surface area contributed by atoms with Crippen LogP contribution in [0.3, 0.4) is 0 Å². The Labute approximate surface area is 173 Å². The summed E-state index contributed by atoms with van der Waals surface area (Å²) in [6, 6.07) is 15.3. The number of carbonyl (C=O) groups excluding carboxylic acids is 2. The van der Waals surface area contributed by atoms with E-state index in [1.54, 1.807) is 12.1 Å². The Kier molecular flexibility index (Phi) is 6.65. The Bertz CT molecular complexity index is 841. The van der Waals surface area contributed by atoms with Crippen LogP contribution in [-0.2, 0) is 21.6 Å². The van der Waals surface area contributed by atoms with Gasteiger partial charge in [0.2, 0.25) is 5.91 Å². The number of amides is 2. The molecule has 5 nitrogen and oxygen atoms in total. The van der Waals surface area contributed by atoms with Gasteiger partial charge in [0.1, 0.15) is 0 Å². The molecular formula is C22H23BrN2O3. The van der Waals surface area contributed by atoms with Crippen LogP contribution in [0, 0.1) is 0 Å². The molecule has 3 rings (SSSR count). The third-order valence-electron chi connectivity index (χ3n) is 4.96. The fourth-order valence-corrected chi connectivity index (χ4v) is 3.56. The number of carbonyl (C=O) groups is 2. The van der Waals surface area contributed by atoms with Gasteiger partial charge in [-0.25, -0.2) is 0 Å². The molecule has 0 spiro atoms. The largest absolute Gasteiger partial charge is 0.381 e. The molecule has 2 N–H and O–H groups in total. The lowest BCUT2D eigenvalue weighted by molar-refractivity contribution is -0.116. The minimum atomic E-state index is -0.438. The van der Waals surface area contributed by atoms with Gasteiger partial charge in [0.15, 0.2) is 0 Å². The predicted octanol–water partition coefficient (Wildman–Crippen LogP) is 3.69. The van der Waals surface area contributed by atoms with Crippen LogP contribution < -0.4 is 10.6 Å². The average Bonchev–Trinajstić information content (AvgIpc) is 2.73. The van der Waals surface area contributed by atoms with E-state index in [1.807, 2.05) is 36.4 Å². The Morgan fingerprint density at radius 3 is 2.32 bits per heavy atom. The fraction of sp³-hybridized carbons (Fsp3) is 0.273. The zero-order chi connectivity index (χ0) is 20.0. The zero-order valence-electron chi connectivity index (χ0n) is 15.5. The molecule has 28 heavy (non-hydrogen) atoms. The van der Waals surface area contributed by atoms with Crippen molar-refractivity contribution < 1.29 is 14.3 Å². The van der Waals surface area contributed by atoms with Gasteiger partial charge in [-0.3, -0.25) is 9.59 Å². The summed E-state index contributed by atoms with van der Waals surface area (Å²) in [7, 11) is 0. The number of rotatable bonds is 6. The molecule has 6 heteroatoms. The molecule has 0 aromatic heterocycles. The van der Waals surface area contributed by atoms with Gasteiger partial charge in [-0.1, -0.05) is 46.8 Å². The van der Waals surface area contributed by atoms with Crippen molar-refractivity contribution in [2.75, 3.05) is 13.2 Å². The van der Waals surface area contributed by atoms with E-state index in [4.69, 9.17) is 4.74 Å². The highest BCUT2D eigenvalue weighted by Crippen LogP contribution is 2.33. The quantitative estimate of drug-likeness (QED) is 0.670. The van der Waals surface area contributed by atoms with Crippen LogP contribution in [-0.4, -0.2) is 25.0 Å². The van der Waals surface area contributed by atoms with Gasteiger partial charge in [0, 0.05) is 29.8 Å². The molecule has 0 unspecified atom stereocenters. The van der Waals surface area contributed by atoms with Gasteiger partial charge in [-0.2, -0.15) is 0 Å². The second-order valence-corrected chi connectivity index (χ2v) is 7.69. The Balaban J connectivity index is 1.74. The Hall–Kier alpha value is -2.44. The second-order valence-electron chi connectivity index (χ2n) is 6.77. The number of halogens is 1. The Morgan fingerprint density at radius 2 is 1.71 bits per heavy atom. The maximum absolute atomic E-state index is 12.9. The highest BCUT2D eigenvalue weighted by atomic mass is 79.9. The molecule has 2 aromatic carbocycles.